The minimum atomic E-state index is -0.174. The van der Waals surface area contributed by atoms with Crippen molar-refractivity contribution >= 4 is 11.6 Å². The van der Waals surface area contributed by atoms with Crippen molar-refractivity contribution in [1.82, 2.24) is 0 Å². The van der Waals surface area contributed by atoms with E-state index >= 15 is 0 Å². The van der Waals surface area contributed by atoms with Gasteiger partial charge in [-0.05, 0) is 17.7 Å². The van der Waals surface area contributed by atoms with Gasteiger partial charge < -0.3 is 20.5 Å². The summed E-state index contributed by atoms with van der Waals surface area (Å²) in [7, 11) is 1.59. The molecule has 5 heteroatoms. The maximum Gasteiger partial charge on any atom is 0.250 e. The van der Waals surface area contributed by atoms with Crippen molar-refractivity contribution in [3.63, 3.8) is 0 Å². The average molecular weight is 280 g/mol. The van der Waals surface area contributed by atoms with E-state index < -0.39 is 0 Å². The van der Waals surface area contributed by atoms with E-state index in [1.165, 1.54) is 0 Å². The fourth-order valence-corrected chi connectivity index (χ4v) is 1.63. The van der Waals surface area contributed by atoms with Gasteiger partial charge in [-0.1, -0.05) is 26.0 Å². The van der Waals surface area contributed by atoms with Crippen molar-refractivity contribution in [1.29, 1.82) is 0 Å². The molecule has 112 valence electrons. The Hall–Kier alpha value is -1.43. The Balaban J connectivity index is 2.47. The van der Waals surface area contributed by atoms with Gasteiger partial charge in [0.05, 0.1) is 13.2 Å². The van der Waals surface area contributed by atoms with Crippen LogP contribution in [-0.4, -0.2) is 39.4 Å². The van der Waals surface area contributed by atoms with Gasteiger partial charge in [-0.3, -0.25) is 4.79 Å². The summed E-state index contributed by atoms with van der Waals surface area (Å²) < 4.78 is 9.98. The Labute approximate surface area is 120 Å². The molecule has 0 aliphatic rings. The second kappa shape index (κ2) is 7.99. The van der Waals surface area contributed by atoms with Crippen molar-refractivity contribution in [2.24, 2.45) is 5.73 Å². The number of carbonyl (C=O) groups excluding carboxylic acids is 1. The average Bonchev–Trinajstić information content (AvgIpc) is 2.44. The van der Waals surface area contributed by atoms with Gasteiger partial charge in [-0.15, -0.1) is 0 Å². The first kappa shape index (κ1) is 16.6. The van der Waals surface area contributed by atoms with E-state index in [2.05, 4.69) is 19.2 Å². The van der Waals surface area contributed by atoms with E-state index in [4.69, 9.17) is 15.2 Å². The topological polar surface area (TPSA) is 73.6 Å². The molecule has 1 rings (SSSR count). The smallest absolute Gasteiger partial charge is 0.250 e. The second-order valence-electron chi connectivity index (χ2n) is 5.26. The molecule has 0 bridgehead atoms. The highest BCUT2D eigenvalue weighted by Crippen LogP contribution is 2.23. The van der Waals surface area contributed by atoms with Crippen molar-refractivity contribution in [3.05, 3.63) is 29.8 Å². The number of rotatable bonds is 8. The van der Waals surface area contributed by atoms with Gasteiger partial charge in [0.15, 0.2) is 0 Å². The van der Waals surface area contributed by atoms with Gasteiger partial charge in [0.1, 0.15) is 6.61 Å². The van der Waals surface area contributed by atoms with Crippen LogP contribution in [0.5, 0.6) is 0 Å². The maximum absolute atomic E-state index is 11.6. The summed E-state index contributed by atoms with van der Waals surface area (Å²) in [5.74, 6) is -0.174. The lowest BCUT2D eigenvalue weighted by Crippen LogP contribution is -2.28. The highest BCUT2D eigenvalue weighted by atomic mass is 16.5. The van der Waals surface area contributed by atoms with E-state index in [1.54, 1.807) is 7.11 Å². The predicted octanol–water partition coefficient (Wildman–Crippen LogP) is 1.52. The van der Waals surface area contributed by atoms with Crippen LogP contribution in [0.25, 0.3) is 0 Å². The molecule has 0 spiro atoms. The molecule has 0 aromatic heterocycles. The van der Waals surface area contributed by atoms with Crippen LogP contribution in [-0.2, 0) is 19.7 Å². The molecule has 0 saturated carbocycles. The molecule has 0 saturated heterocycles. The van der Waals surface area contributed by atoms with Gasteiger partial charge in [-0.25, -0.2) is 0 Å². The number of hydrogen-bond acceptors (Lipinski definition) is 4. The lowest BCUT2D eigenvalue weighted by atomic mass is 9.85. The first-order valence-electron chi connectivity index (χ1n) is 6.67. The number of hydrogen-bond donors (Lipinski definition) is 2. The molecule has 0 atom stereocenters. The van der Waals surface area contributed by atoms with Crippen LogP contribution in [0.3, 0.4) is 0 Å². The zero-order chi connectivity index (χ0) is 15.0. The third-order valence-corrected chi connectivity index (χ3v) is 3.13. The maximum atomic E-state index is 11.6. The van der Waals surface area contributed by atoms with Crippen LogP contribution in [0.2, 0.25) is 0 Å². The van der Waals surface area contributed by atoms with Crippen molar-refractivity contribution in [2.45, 2.75) is 19.3 Å². The van der Waals surface area contributed by atoms with Crippen molar-refractivity contribution < 1.29 is 14.3 Å². The third kappa shape index (κ3) is 5.28. The van der Waals surface area contributed by atoms with Crippen LogP contribution in [0, 0.1) is 0 Å². The number of methoxy groups -OCH3 is 1. The van der Waals surface area contributed by atoms with Gasteiger partial charge in [0.2, 0.25) is 5.91 Å². The molecule has 0 unspecified atom stereocenters. The lowest BCUT2D eigenvalue weighted by Gasteiger charge is -2.23. The molecule has 3 N–H and O–H groups in total. The molecule has 20 heavy (non-hydrogen) atoms. The Bertz CT molecular complexity index is 416. The molecule has 0 radical (unpaired) electrons. The second-order valence-corrected chi connectivity index (χ2v) is 5.26. The van der Waals surface area contributed by atoms with E-state index in [1.807, 2.05) is 24.3 Å². The van der Waals surface area contributed by atoms with Crippen LogP contribution in [0.1, 0.15) is 19.4 Å². The predicted molar refractivity (Wildman–Crippen MR) is 79.8 cm³/mol. The molecular formula is C15H24N2O3. The molecular weight excluding hydrogens is 256 g/mol. The van der Waals surface area contributed by atoms with Crippen molar-refractivity contribution in [3.8, 4) is 0 Å². The number of nitrogens with two attached hydrogens (primary N) is 1. The monoisotopic (exact) mass is 280 g/mol. The van der Waals surface area contributed by atoms with E-state index in [0.29, 0.717) is 19.8 Å². The minimum absolute atomic E-state index is 0.0272. The Morgan fingerprint density at radius 2 is 1.90 bits per heavy atom. The van der Waals surface area contributed by atoms with Crippen LogP contribution in [0.4, 0.5) is 5.69 Å². The molecule has 1 aromatic rings. The fraction of sp³-hybridized carbons (Fsp3) is 0.533. The molecule has 0 heterocycles. The normalized spacial score (nSPS) is 11.4. The van der Waals surface area contributed by atoms with Crippen molar-refractivity contribution in [2.75, 3.05) is 38.8 Å². The summed E-state index contributed by atoms with van der Waals surface area (Å²) in [6.07, 6.45) is 0. The standard InChI is InChI=1S/C15H24N2O3/c1-15(2,11-16)12-4-6-13(7-5-12)17-14(18)10-20-9-8-19-3/h4-7H,8-11,16H2,1-3H3,(H,17,18). The Kier molecular flexibility index (Phi) is 6.64. The molecule has 1 aromatic carbocycles. The zero-order valence-corrected chi connectivity index (χ0v) is 12.4. The van der Waals surface area contributed by atoms with Crippen LogP contribution in [0.15, 0.2) is 24.3 Å². The van der Waals surface area contributed by atoms with Crippen LogP contribution < -0.4 is 11.1 Å². The summed E-state index contributed by atoms with van der Waals surface area (Å²) in [5.41, 5.74) is 7.58. The number of ether oxygens (including phenoxy) is 2. The van der Waals surface area contributed by atoms with E-state index in [0.717, 1.165) is 11.3 Å². The molecule has 0 aliphatic carbocycles. The Morgan fingerprint density at radius 1 is 1.25 bits per heavy atom. The first-order chi connectivity index (χ1) is 9.49. The fourth-order valence-electron chi connectivity index (χ4n) is 1.63. The lowest BCUT2D eigenvalue weighted by molar-refractivity contribution is -0.121. The summed E-state index contributed by atoms with van der Waals surface area (Å²) >= 11 is 0. The minimum Gasteiger partial charge on any atom is -0.382 e. The van der Waals surface area contributed by atoms with E-state index in [9.17, 15) is 4.79 Å². The summed E-state index contributed by atoms with van der Waals surface area (Å²) in [4.78, 5) is 11.6. The Morgan fingerprint density at radius 3 is 2.45 bits per heavy atom. The molecule has 0 fully saturated rings. The molecule has 0 aliphatic heterocycles. The number of amides is 1. The molecule has 1 amide bonds. The van der Waals surface area contributed by atoms with Crippen LogP contribution >= 0.6 is 0 Å². The number of nitrogens with one attached hydrogen (secondary N) is 1. The number of anilines is 1. The zero-order valence-electron chi connectivity index (χ0n) is 12.4. The van der Waals surface area contributed by atoms with Gasteiger partial charge in [-0.2, -0.15) is 0 Å². The van der Waals surface area contributed by atoms with Gasteiger partial charge >= 0.3 is 0 Å². The largest absolute Gasteiger partial charge is 0.382 e. The first-order valence-corrected chi connectivity index (χ1v) is 6.67. The SMILES string of the molecule is COCCOCC(=O)Nc1ccc(C(C)(C)CN)cc1. The van der Waals surface area contributed by atoms with Gasteiger partial charge in [0, 0.05) is 24.8 Å². The quantitative estimate of drug-likeness (QED) is 0.708. The summed E-state index contributed by atoms with van der Waals surface area (Å²) in [6, 6.07) is 7.71. The summed E-state index contributed by atoms with van der Waals surface area (Å²) in [5, 5.41) is 2.78. The number of carbonyl (C=O) groups is 1. The highest BCUT2D eigenvalue weighted by molar-refractivity contribution is 5.91. The van der Waals surface area contributed by atoms with E-state index in [-0.39, 0.29) is 17.9 Å². The third-order valence-electron chi connectivity index (χ3n) is 3.13. The number of benzene rings is 1. The summed E-state index contributed by atoms with van der Waals surface area (Å²) in [6.45, 7) is 5.67. The molecule has 5 nitrogen and oxygen atoms in total. The highest BCUT2D eigenvalue weighted by Gasteiger charge is 2.17. The van der Waals surface area contributed by atoms with Gasteiger partial charge in [0.25, 0.3) is 0 Å².